The number of carbonyl (C=O) groups excluding carboxylic acids is 1. The molecule has 0 heterocycles. The van der Waals surface area contributed by atoms with Crippen molar-refractivity contribution >= 4 is 11.9 Å². The lowest BCUT2D eigenvalue weighted by Crippen LogP contribution is -2.55. The maximum Gasteiger partial charge on any atom is 0.305 e. The van der Waals surface area contributed by atoms with E-state index in [1.165, 1.54) is 0 Å². The fraction of sp³-hybridized carbons (Fsp3) is 0.857. The summed E-state index contributed by atoms with van der Waals surface area (Å²) in [7, 11) is 0. The van der Waals surface area contributed by atoms with Crippen LogP contribution in [0.5, 0.6) is 0 Å². The molecule has 0 bridgehead atoms. The van der Waals surface area contributed by atoms with Crippen LogP contribution in [0, 0.1) is 5.41 Å². The molecular weight excluding hydrogens is 244 g/mol. The van der Waals surface area contributed by atoms with Gasteiger partial charge in [-0.3, -0.25) is 9.59 Å². The fourth-order valence-corrected chi connectivity index (χ4v) is 2.68. The van der Waals surface area contributed by atoms with Crippen molar-refractivity contribution in [3.05, 3.63) is 0 Å². The molecule has 4 N–H and O–H groups in total. The lowest BCUT2D eigenvalue weighted by atomic mass is 9.74. The number of nitrogens with two attached hydrogens (primary N) is 1. The number of carboxylic acids is 1. The quantitative estimate of drug-likeness (QED) is 0.684. The van der Waals surface area contributed by atoms with E-state index in [0.717, 1.165) is 25.7 Å². The van der Waals surface area contributed by atoms with E-state index in [2.05, 4.69) is 26.1 Å². The van der Waals surface area contributed by atoms with E-state index in [-0.39, 0.29) is 30.2 Å². The van der Waals surface area contributed by atoms with Crippen molar-refractivity contribution in [2.45, 2.75) is 70.9 Å². The number of carbonyl (C=O) groups is 2. The van der Waals surface area contributed by atoms with E-state index in [1.54, 1.807) is 0 Å². The molecule has 0 aromatic rings. The van der Waals surface area contributed by atoms with Crippen molar-refractivity contribution in [2.75, 3.05) is 0 Å². The van der Waals surface area contributed by atoms with Gasteiger partial charge < -0.3 is 16.2 Å². The maximum atomic E-state index is 11.9. The highest BCUT2D eigenvalue weighted by Crippen LogP contribution is 2.35. The fourth-order valence-electron chi connectivity index (χ4n) is 2.68. The Morgan fingerprint density at radius 1 is 1.37 bits per heavy atom. The monoisotopic (exact) mass is 270 g/mol. The summed E-state index contributed by atoms with van der Waals surface area (Å²) in [5.41, 5.74) is 5.53. The Morgan fingerprint density at radius 2 is 1.95 bits per heavy atom. The highest BCUT2D eigenvalue weighted by molar-refractivity contribution is 5.79. The predicted octanol–water partition coefficient (Wildman–Crippen LogP) is 1.65. The molecule has 0 aromatic carbocycles. The van der Waals surface area contributed by atoms with Gasteiger partial charge in [0.05, 0.1) is 12.0 Å². The first kappa shape index (κ1) is 16.0. The molecule has 1 fully saturated rings. The number of carboxylic acid groups (broad SMARTS) is 1. The molecule has 1 saturated carbocycles. The summed E-state index contributed by atoms with van der Waals surface area (Å²) in [5.74, 6) is -0.989. The third-order valence-electron chi connectivity index (χ3n) is 3.53. The standard InChI is InChI=1S/C14H26N2O3/c1-13(2,3)8-10(15)7-11(17)16-14(5-4-6-14)9-12(18)19/h10H,4-9,15H2,1-3H3,(H,16,17)(H,18,19). The number of hydrogen-bond donors (Lipinski definition) is 3. The molecule has 1 rings (SSSR count). The van der Waals surface area contributed by atoms with Crippen LogP contribution >= 0.6 is 0 Å². The minimum absolute atomic E-state index is 0.00719. The Labute approximate surface area is 114 Å². The second-order valence-electron chi connectivity index (χ2n) is 6.98. The molecule has 0 saturated heterocycles. The van der Waals surface area contributed by atoms with Crippen molar-refractivity contribution < 1.29 is 14.7 Å². The van der Waals surface area contributed by atoms with Crippen LogP contribution in [-0.2, 0) is 9.59 Å². The average molecular weight is 270 g/mol. The summed E-state index contributed by atoms with van der Waals surface area (Å²) >= 11 is 0. The lowest BCUT2D eigenvalue weighted by molar-refractivity contribution is -0.140. The van der Waals surface area contributed by atoms with E-state index in [1.807, 2.05) is 0 Å². The van der Waals surface area contributed by atoms with Crippen LogP contribution in [0.15, 0.2) is 0 Å². The van der Waals surface area contributed by atoms with Gasteiger partial charge in [0, 0.05) is 12.5 Å². The molecule has 5 heteroatoms. The minimum Gasteiger partial charge on any atom is -0.481 e. The third-order valence-corrected chi connectivity index (χ3v) is 3.53. The molecule has 0 aromatic heterocycles. The van der Waals surface area contributed by atoms with E-state index in [9.17, 15) is 9.59 Å². The molecular formula is C14H26N2O3. The third kappa shape index (κ3) is 5.59. The Kier molecular flexibility index (Phi) is 4.96. The molecule has 110 valence electrons. The molecule has 5 nitrogen and oxygen atoms in total. The summed E-state index contributed by atoms with van der Waals surface area (Å²) < 4.78 is 0. The largest absolute Gasteiger partial charge is 0.481 e. The molecule has 0 radical (unpaired) electrons. The molecule has 0 spiro atoms. The van der Waals surface area contributed by atoms with Crippen molar-refractivity contribution in [3.8, 4) is 0 Å². The predicted molar refractivity (Wildman–Crippen MR) is 73.6 cm³/mol. The second kappa shape index (κ2) is 5.90. The Hall–Kier alpha value is -1.10. The molecule has 1 unspecified atom stereocenters. The zero-order valence-corrected chi connectivity index (χ0v) is 12.2. The van der Waals surface area contributed by atoms with E-state index in [0.29, 0.717) is 0 Å². The van der Waals surface area contributed by atoms with Crippen LogP contribution in [0.1, 0.15) is 59.3 Å². The first-order chi connectivity index (χ1) is 8.62. The van der Waals surface area contributed by atoms with E-state index >= 15 is 0 Å². The maximum absolute atomic E-state index is 11.9. The van der Waals surface area contributed by atoms with Crippen molar-refractivity contribution in [1.29, 1.82) is 0 Å². The smallest absolute Gasteiger partial charge is 0.305 e. The normalized spacial score (nSPS) is 19.4. The number of nitrogens with one attached hydrogen (secondary N) is 1. The van der Waals surface area contributed by atoms with Gasteiger partial charge in [-0.15, -0.1) is 0 Å². The molecule has 0 aliphatic heterocycles. The van der Waals surface area contributed by atoms with Gasteiger partial charge in [-0.05, 0) is 31.1 Å². The molecule has 19 heavy (non-hydrogen) atoms. The Morgan fingerprint density at radius 3 is 2.32 bits per heavy atom. The first-order valence-corrected chi connectivity index (χ1v) is 6.90. The minimum atomic E-state index is -0.862. The number of aliphatic carboxylic acids is 1. The molecule has 1 aliphatic rings. The summed E-state index contributed by atoms with van der Waals surface area (Å²) in [6, 6.07) is -0.179. The molecule has 1 amide bonds. The van der Waals surface area contributed by atoms with Crippen molar-refractivity contribution in [1.82, 2.24) is 5.32 Å². The van der Waals surface area contributed by atoms with Crippen molar-refractivity contribution in [2.24, 2.45) is 11.1 Å². The van der Waals surface area contributed by atoms with Crippen molar-refractivity contribution in [3.63, 3.8) is 0 Å². The van der Waals surface area contributed by atoms with Gasteiger partial charge in [-0.2, -0.15) is 0 Å². The van der Waals surface area contributed by atoms with Crippen LogP contribution in [-0.4, -0.2) is 28.6 Å². The summed E-state index contributed by atoms with van der Waals surface area (Å²) in [6.07, 6.45) is 3.51. The first-order valence-electron chi connectivity index (χ1n) is 6.90. The highest BCUT2D eigenvalue weighted by Gasteiger charge is 2.40. The van der Waals surface area contributed by atoms with Crippen LogP contribution in [0.25, 0.3) is 0 Å². The van der Waals surface area contributed by atoms with Crippen LogP contribution < -0.4 is 11.1 Å². The second-order valence-corrected chi connectivity index (χ2v) is 6.98. The van der Waals surface area contributed by atoms with Gasteiger partial charge in [-0.25, -0.2) is 0 Å². The lowest BCUT2D eigenvalue weighted by Gasteiger charge is -2.41. The van der Waals surface area contributed by atoms with Crippen LogP contribution in [0.3, 0.4) is 0 Å². The Balaban J connectivity index is 2.43. The zero-order valence-electron chi connectivity index (χ0n) is 12.2. The number of amides is 1. The van der Waals surface area contributed by atoms with Gasteiger partial charge >= 0.3 is 5.97 Å². The van der Waals surface area contributed by atoms with Gasteiger partial charge in [0.1, 0.15) is 0 Å². The van der Waals surface area contributed by atoms with E-state index in [4.69, 9.17) is 10.8 Å². The Bertz CT molecular complexity index is 343. The average Bonchev–Trinajstić information content (AvgIpc) is 2.09. The summed E-state index contributed by atoms with van der Waals surface area (Å²) in [4.78, 5) is 22.8. The van der Waals surface area contributed by atoms with E-state index < -0.39 is 11.5 Å². The topological polar surface area (TPSA) is 92.4 Å². The van der Waals surface area contributed by atoms with Crippen LogP contribution in [0.4, 0.5) is 0 Å². The summed E-state index contributed by atoms with van der Waals surface area (Å²) in [5, 5.41) is 11.8. The van der Waals surface area contributed by atoms with Gasteiger partial charge in [0.25, 0.3) is 0 Å². The highest BCUT2D eigenvalue weighted by atomic mass is 16.4. The van der Waals surface area contributed by atoms with Gasteiger partial charge in [0.2, 0.25) is 5.91 Å². The number of rotatable bonds is 6. The molecule has 1 atom stereocenters. The molecule has 1 aliphatic carbocycles. The zero-order chi connectivity index (χ0) is 14.7. The SMILES string of the molecule is CC(C)(C)CC(N)CC(=O)NC1(CC(=O)O)CCC1. The number of hydrogen-bond acceptors (Lipinski definition) is 3. The van der Waals surface area contributed by atoms with Gasteiger partial charge in [-0.1, -0.05) is 20.8 Å². The van der Waals surface area contributed by atoms with Crippen LogP contribution in [0.2, 0.25) is 0 Å². The summed E-state index contributed by atoms with van der Waals surface area (Å²) in [6.45, 7) is 6.26. The van der Waals surface area contributed by atoms with Gasteiger partial charge in [0.15, 0.2) is 0 Å².